The molecule has 2 aromatic rings. The summed E-state index contributed by atoms with van der Waals surface area (Å²) in [5.74, 6) is 0. The molecule has 1 saturated heterocycles. The summed E-state index contributed by atoms with van der Waals surface area (Å²) in [6.07, 6.45) is 4.26. The molecule has 4 rings (SSSR count). The first kappa shape index (κ1) is 16.0. The third-order valence-corrected chi connectivity index (χ3v) is 5.24. The van der Waals surface area contributed by atoms with Crippen LogP contribution < -0.4 is 15.1 Å². The van der Waals surface area contributed by atoms with Gasteiger partial charge >= 0.3 is 6.03 Å². The van der Waals surface area contributed by atoms with E-state index in [1.807, 2.05) is 17.0 Å². The Morgan fingerprint density at radius 3 is 2.64 bits per heavy atom. The van der Waals surface area contributed by atoms with Crippen molar-refractivity contribution in [3.8, 4) is 0 Å². The number of hydrogen-bond acceptors (Lipinski definition) is 2. The number of para-hydroxylation sites is 2. The summed E-state index contributed by atoms with van der Waals surface area (Å²) in [6, 6.07) is 19.0. The number of hydrogen-bond donors (Lipinski definition) is 1. The topological polar surface area (TPSA) is 35.6 Å². The van der Waals surface area contributed by atoms with Crippen molar-refractivity contribution >= 4 is 17.4 Å². The van der Waals surface area contributed by atoms with Crippen LogP contribution in [0.5, 0.6) is 0 Å². The fourth-order valence-corrected chi connectivity index (χ4v) is 3.91. The van der Waals surface area contributed by atoms with Gasteiger partial charge in [0.05, 0.1) is 0 Å². The van der Waals surface area contributed by atoms with Crippen LogP contribution in [0.1, 0.15) is 24.8 Å². The van der Waals surface area contributed by atoms with Crippen LogP contribution in [0.15, 0.2) is 54.6 Å². The minimum Gasteiger partial charge on any atom is -0.369 e. The second-order valence-electron chi connectivity index (χ2n) is 6.95. The summed E-state index contributed by atoms with van der Waals surface area (Å²) in [5.41, 5.74) is 3.60. The van der Waals surface area contributed by atoms with E-state index in [4.69, 9.17) is 0 Å². The van der Waals surface area contributed by atoms with Gasteiger partial charge in [0.2, 0.25) is 0 Å². The Morgan fingerprint density at radius 2 is 1.76 bits per heavy atom. The molecule has 1 fully saturated rings. The average molecular weight is 335 g/mol. The van der Waals surface area contributed by atoms with E-state index >= 15 is 0 Å². The highest BCUT2D eigenvalue weighted by Gasteiger charge is 2.27. The third kappa shape index (κ3) is 3.48. The SMILES string of the molecule is O=C(NC1CCN(c2ccccc2)C1)N1CCCCc2ccccc21. The van der Waals surface area contributed by atoms with Crippen LogP contribution in [-0.2, 0) is 6.42 Å². The average Bonchev–Trinajstić information content (AvgIpc) is 3.00. The molecule has 2 aliphatic heterocycles. The maximum Gasteiger partial charge on any atom is 0.322 e. The van der Waals surface area contributed by atoms with Crippen LogP contribution in [0, 0.1) is 0 Å². The molecule has 0 radical (unpaired) electrons. The molecular formula is C21H25N3O. The minimum absolute atomic E-state index is 0.0502. The predicted molar refractivity (Wildman–Crippen MR) is 102 cm³/mol. The molecular weight excluding hydrogens is 310 g/mol. The van der Waals surface area contributed by atoms with E-state index in [1.165, 1.54) is 11.3 Å². The first-order valence-corrected chi connectivity index (χ1v) is 9.27. The van der Waals surface area contributed by atoms with Crippen LogP contribution >= 0.6 is 0 Å². The lowest BCUT2D eigenvalue weighted by Gasteiger charge is -2.25. The van der Waals surface area contributed by atoms with Crippen molar-refractivity contribution in [2.45, 2.75) is 31.7 Å². The number of fused-ring (bicyclic) bond motifs is 1. The van der Waals surface area contributed by atoms with Gasteiger partial charge in [-0.25, -0.2) is 4.79 Å². The van der Waals surface area contributed by atoms with Crippen molar-refractivity contribution in [1.29, 1.82) is 0 Å². The van der Waals surface area contributed by atoms with Crippen LogP contribution in [0.2, 0.25) is 0 Å². The Balaban J connectivity index is 1.43. The molecule has 130 valence electrons. The Hall–Kier alpha value is -2.49. The number of nitrogens with one attached hydrogen (secondary N) is 1. The van der Waals surface area contributed by atoms with Gasteiger partial charge in [-0.15, -0.1) is 0 Å². The fourth-order valence-electron chi connectivity index (χ4n) is 3.91. The number of aryl methyl sites for hydroxylation is 1. The van der Waals surface area contributed by atoms with Crippen molar-refractivity contribution in [1.82, 2.24) is 5.32 Å². The van der Waals surface area contributed by atoms with E-state index in [0.29, 0.717) is 0 Å². The summed E-state index contributed by atoms with van der Waals surface area (Å²) in [7, 11) is 0. The number of urea groups is 1. The molecule has 2 heterocycles. The molecule has 25 heavy (non-hydrogen) atoms. The van der Waals surface area contributed by atoms with Crippen molar-refractivity contribution in [2.24, 2.45) is 0 Å². The van der Waals surface area contributed by atoms with Gasteiger partial charge in [0.25, 0.3) is 0 Å². The maximum atomic E-state index is 12.9. The number of benzene rings is 2. The highest BCUT2D eigenvalue weighted by molar-refractivity contribution is 5.93. The van der Waals surface area contributed by atoms with Crippen molar-refractivity contribution < 1.29 is 4.79 Å². The Morgan fingerprint density at radius 1 is 0.960 bits per heavy atom. The molecule has 0 spiro atoms. The zero-order valence-corrected chi connectivity index (χ0v) is 14.5. The Bertz CT molecular complexity index is 731. The number of amides is 2. The zero-order valence-electron chi connectivity index (χ0n) is 14.5. The molecule has 2 aliphatic rings. The number of nitrogens with zero attached hydrogens (tertiary/aromatic N) is 2. The minimum atomic E-state index is 0.0502. The monoisotopic (exact) mass is 335 g/mol. The van der Waals surface area contributed by atoms with E-state index in [0.717, 1.165) is 51.0 Å². The summed E-state index contributed by atoms with van der Waals surface area (Å²) < 4.78 is 0. The number of carbonyl (C=O) groups excluding carboxylic acids is 1. The maximum absolute atomic E-state index is 12.9. The molecule has 0 aromatic heterocycles. The van der Waals surface area contributed by atoms with Crippen molar-refractivity contribution in [2.75, 3.05) is 29.4 Å². The van der Waals surface area contributed by atoms with Gasteiger partial charge < -0.3 is 10.2 Å². The smallest absolute Gasteiger partial charge is 0.322 e. The van der Waals surface area contributed by atoms with Crippen LogP contribution in [0.3, 0.4) is 0 Å². The molecule has 1 atom stereocenters. The van der Waals surface area contributed by atoms with Crippen molar-refractivity contribution in [3.63, 3.8) is 0 Å². The normalized spacial score (nSPS) is 20.1. The first-order chi connectivity index (χ1) is 12.3. The largest absolute Gasteiger partial charge is 0.369 e. The molecule has 2 amide bonds. The summed E-state index contributed by atoms with van der Waals surface area (Å²) in [5, 5.41) is 3.26. The summed E-state index contributed by atoms with van der Waals surface area (Å²) in [4.78, 5) is 17.2. The second kappa shape index (κ2) is 7.18. The molecule has 2 aromatic carbocycles. The van der Waals surface area contributed by atoms with E-state index < -0.39 is 0 Å². The van der Waals surface area contributed by atoms with Crippen molar-refractivity contribution in [3.05, 3.63) is 60.2 Å². The van der Waals surface area contributed by atoms with Gasteiger partial charge in [0, 0.05) is 37.1 Å². The molecule has 4 heteroatoms. The van der Waals surface area contributed by atoms with Gasteiger partial charge in [-0.05, 0) is 49.4 Å². The lowest BCUT2D eigenvalue weighted by Crippen LogP contribution is -2.46. The van der Waals surface area contributed by atoms with Gasteiger partial charge in [0.15, 0.2) is 0 Å². The lowest BCUT2D eigenvalue weighted by molar-refractivity contribution is 0.243. The second-order valence-corrected chi connectivity index (χ2v) is 6.95. The highest BCUT2D eigenvalue weighted by atomic mass is 16.2. The fraction of sp³-hybridized carbons (Fsp3) is 0.381. The standard InChI is InChI=1S/C21H25N3O/c25-21(24-14-7-6-9-17-8-4-5-12-20(17)24)22-18-13-15-23(16-18)19-10-2-1-3-11-19/h1-5,8,10-12,18H,6-7,9,13-16H2,(H,22,25). The molecule has 4 nitrogen and oxygen atoms in total. The van der Waals surface area contributed by atoms with Gasteiger partial charge in [-0.2, -0.15) is 0 Å². The molecule has 0 bridgehead atoms. The van der Waals surface area contributed by atoms with Gasteiger partial charge in [0.1, 0.15) is 0 Å². The Labute approximate surface area is 149 Å². The number of rotatable bonds is 2. The van der Waals surface area contributed by atoms with Gasteiger partial charge in [-0.3, -0.25) is 4.90 Å². The van der Waals surface area contributed by atoms with Gasteiger partial charge in [-0.1, -0.05) is 36.4 Å². The highest BCUT2D eigenvalue weighted by Crippen LogP contribution is 2.26. The molecule has 0 aliphatic carbocycles. The molecule has 1 unspecified atom stereocenters. The zero-order chi connectivity index (χ0) is 17.1. The van der Waals surface area contributed by atoms with Crippen LogP contribution in [0.25, 0.3) is 0 Å². The van der Waals surface area contributed by atoms with Crippen LogP contribution in [-0.4, -0.2) is 31.7 Å². The summed E-state index contributed by atoms with van der Waals surface area (Å²) in [6.45, 7) is 2.68. The van der Waals surface area contributed by atoms with E-state index in [1.54, 1.807) is 0 Å². The molecule has 0 saturated carbocycles. The van der Waals surface area contributed by atoms with E-state index in [-0.39, 0.29) is 12.1 Å². The third-order valence-electron chi connectivity index (χ3n) is 5.24. The lowest BCUT2D eigenvalue weighted by atomic mass is 10.1. The number of carbonyl (C=O) groups is 1. The quantitative estimate of drug-likeness (QED) is 0.906. The Kier molecular flexibility index (Phi) is 4.59. The molecule has 1 N–H and O–H groups in total. The first-order valence-electron chi connectivity index (χ1n) is 9.27. The predicted octanol–water partition coefficient (Wildman–Crippen LogP) is 3.82. The van der Waals surface area contributed by atoms with Crippen LogP contribution in [0.4, 0.5) is 16.2 Å². The van der Waals surface area contributed by atoms with E-state index in [9.17, 15) is 4.79 Å². The number of anilines is 2. The summed E-state index contributed by atoms with van der Waals surface area (Å²) >= 11 is 0. The van der Waals surface area contributed by atoms with E-state index in [2.05, 4.69) is 52.7 Å².